The van der Waals surface area contributed by atoms with Gasteiger partial charge in [0, 0.05) is 6.42 Å². The molecule has 0 fully saturated rings. The molecule has 0 rings (SSSR count). The quantitative estimate of drug-likeness (QED) is 0.418. The summed E-state index contributed by atoms with van der Waals surface area (Å²) in [5, 5.41) is 17.6. The van der Waals surface area contributed by atoms with E-state index in [0.717, 1.165) is 0 Å². The van der Waals surface area contributed by atoms with E-state index in [1.165, 1.54) is 0 Å². The van der Waals surface area contributed by atoms with Gasteiger partial charge in [0.05, 0.1) is 6.61 Å². The minimum Gasteiger partial charge on any atom is -0.811 e. The first-order chi connectivity index (χ1) is 7.12. The van der Waals surface area contributed by atoms with E-state index in [-0.39, 0.29) is 32.7 Å². The Morgan fingerprint density at radius 1 is 1.56 bits per heavy atom. The van der Waals surface area contributed by atoms with Gasteiger partial charge in [-0.3, -0.25) is 0 Å². The van der Waals surface area contributed by atoms with Crippen molar-refractivity contribution in [2.75, 3.05) is 13.2 Å². The number of ether oxygens (including phenoxy) is 1. The first-order valence-electron chi connectivity index (χ1n) is 3.77. The van der Waals surface area contributed by atoms with Gasteiger partial charge in [0.25, 0.3) is 0 Å². The fraction of sp³-hybridized carbons (Fsp3) is 0.714. The molecule has 0 aliphatic rings. The monoisotopic (exact) mass is 322 g/mol. The van der Waals surface area contributed by atoms with Gasteiger partial charge in [-0.15, -0.1) is 0 Å². The minimum absolute atomic E-state index is 0. The molecule has 0 aromatic carbocycles. The molecule has 0 heterocycles. The van der Waals surface area contributed by atoms with Crippen LogP contribution in [0.25, 0.3) is 0 Å². The van der Waals surface area contributed by atoms with Crippen LogP contribution in [0.5, 0.6) is 0 Å². The Hall–Kier alpha value is 0.373. The summed E-state index contributed by atoms with van der Waals surface area (Å²) in [6.45, 7) is 3.67. The van der Waals surface area contributed by atoms with Crippen LogP contribution in [0.1, 0.15) is 13.3 Å². The third kappa shape index (κ3) is 29.3. The maximum absolute atomic E-state index is 8.77. The van der Waals surface area contributed by atoms with Gasteiger partial charge in [0.1, 0.15) is 19.5 Å². The number of thiocarbonyl (C=S) groups is 1. The first-order valence-corrected chi connectivity index (χ1v) is 4.85. The summed E-state index contributed by atoms with van der Waals surface area (Å²) in [6.07, 6.45) is -0.155. The molecule has 92 valence electrons. The van der Waals surface area contributed by atoms with Crippen molar-refractivity contribution in [3.63, 3.8) is 0 Å². The van der Waals surface area contributed by atoms with Crippen LogP contribution in [0, 0.1) is 0 Å². The summed E-state index contributed by atoms with van der Waals surface area (Å²) in [6, 6.07) is 0. The van der Waals surface area contributed by atoms with Crippen LogP contribution in [-0.4, -0.2) is 50.5 Å². The van der Waals surface area contributed by atoms with Crippen LogP contribution < -0.4 is 0 Å². The van der Waals surface area contributed by atoms with E-state index in [4.69, 9.17) is 41.1 Å². The van der Waals surface area contributed by atoms with E-state index in [1.54, 1.807) is 0 Å². The van der Waals surface area contributed by atoms with Crippen molar-refractivity contribution in [1.29, 1.82) is 0 Å². The zero-order chi connectivity index (χ0) is 12.7. The summed E-state index contributed by atoms with van der Waals surface area (Å²) in [5.74, 6) is 0. The van der Waals surface area contributed by atoms with Crippen LogP contribution in [0.2, 0.25) is 0 Å². The molecule has 1 atom stereocenters. The molecule has 0 saturated carbocycles. The molecule has 0 bridgehead atoms. The second-order valence-electron chi connectivity index (χ2n) is 1.94. The SMILES string of the molecule is C=O.CCC(=S)OCC(O)CO.[O-]S[O-].[Zn+2]. The number of aliphatic hydroxyl groups excluding tert-OH is 2. The van der Waals surface area contributed by atoms with Gasteiger partial charge in [-0.1, -0.05) is 6.92 Å². The van der Waals surface area contributed by atoms with Crippen molar-refractivity contribution in [3.8, 4) is 0 Å². The summed E-state index contributed by atoms with van der Waals surface area (Å²) in [7, 11) is 0. The summed E-state index contributed by atoms with van der Waals surface area (Å²) in [5.41, 5.74) is 0. The van der Waals surface area contributed by atoms with E-state index in [2.05, 4.69) is 0 Å². The standard InChI is InChI=1S/C6H12O3S.CH2O.H2O2S.Zn/c1-2-6(10)9-4-5(8)3-7;1-2;1-3-2;/h5,7-8H,2-4H2,1H3;1H2;1-2H;/q;;;+2/p-2. The average Bonchev–Trinajstić information content (AvgIpc) is 2.29. The topological polar surface area (TPSA) is 113 Å². The number of hydrogen-bond donors (Lipinski definition) is 2. The molecular formula is C7H14O6S2Zn. The molecule has 1 unspecified atom stereocenters. The van der Waals surface area contributed by atoms with Crippen LogP contribution in [-0.2, 0) is 29.0 Å². The van der Waals surface area contributed by atoms with Crippen molar-refractivity contribution in [2.45, 2.75) is 19.4 Å². The number of aliphatic hydroxyl groups is 2. The van der Waals surface area contributed by atoms with Crippen LogP contribution >= 0.6 is 24.5 Å². The second kappa shape index (κ2) is 24.6. The normalized spacial score (nSPS) is 9.31. The van der Waals surface area contributed by atoms with E-state index in [1.807, 2.05) is 13.7 Å². The number of hydrogen-bond acceptors (Lipinski definition) is 8. The predicted octanol–water partition coefficient (Wildman–Crippen LogP) is -0.113. The summed E-state index contributed by atoms with van der Waals surface area (Å²) >= 11 is 3.96. The molecule has 0 aromatic heterocycles. The minimum atomic E-state index is -0.815. The Morgan fingerprint density at radius 3 is 2.19 bits per heavy atom. The Kier molecular flexibility index (Phi) is 38.8. The fourth-order valence-electron chi connectivity index (χ4n) is 0.344. The third-order valence-electron chi connectivity index (χ3n) is 0.936. The Morgan fingerprint density at radius 2 is 1.94 bits per heavy atom. The molecular weight excluding hydrogens is 310 g/mol. The Bertz CT molecular complexity index is 140. The maximum Gasteiger partial charge on any atom is 2.00 e. The van der Waals surface area contributed by atoms with Crippen molar-refractivity contribution >= 4 is 36.4 Å². The Labute approximate surface area is 117 Å². The molecule has 0 aliphatic heterocycles. The third-order valence-corrected chi connectivity index (χ3v) is 1.34. The van der Waals surface area contributed by atoms with Gasteiger partial charge in [0.15, 0.2) is 5.05 Å². The number of rotatable bonds is 4. The van der Waals surface area contributed by atoms with Crippen molar-refractivity contribution in [3.05, 3.63) is 0 Å². The molecule has 6 nitrogen and oxygen atoms in total. The van der Waals surface area contributed by atoms with E-state index in [0.29, 0.717) is 11.5 Å². The maximum atomic E-state index is 8.77. The first kappa shape index (κ1) is 25.3. The predicted molar refractivity (Wildman–Crippen MR) is 58.2 cm³/mol. The molecule has 0 radical (unpaired) electrons. The van der Waals surface area contributed by atoms with Gasteiger partial charge in [-0.05, 0) is 12.2 Å². The largest absolute Gasteiger partial charge is 2.00 e. The van der Waals surface area contributed by atoms with E-state index >= 15 is 0 Å². The summed E-state index contributed by atoms with van der Waals surface area (Å²) in [4.78, 5) is 8.00. The van der Waals surface area contributed by atoms with Crippen molar-refractivity contribution in [1.82, 2.24) is 0 Å². The van der Waals surface area contributed by atoms with Crippen molar-refractivity contribution in [2.24, 2.45) is 0 Å². The van der Waals surface area contributed by atoms with Gasteiger partial charge >= 0.3 is 19.5 Å². The van der Waals surface area contributed by atoms with Gasteiger partial charge < -0.3 is 41.2 Å². The van der Waals surface area contributed by atoms with Gasteiger partial charge in [-0.25, -0.2) is 0 Å². The smallest absolute Gasteiger partial charge is 0.811 e. The molecule has 0 spiro atoms. The zero-order valence-electron chi connectivity index (χ0n) is 8.96. The van der Waals surface area contributed by atoms with Crippen molar-refractivity contribution < 1.29 is 48.3 Å². The van der Waals surface area contributed by atoms with Crippen LogP contribution in [0.3, 0.4) is 0 Å². The van der Waals surface area contributed by atoms with Crippen LogP contribution in [0.4, 0.5) is 0 Å². The molecule has 16 heavy (non-hydrogen) atoms. The van der Waals surface area contributed by atoms with Gasteiger partial charge in [-0.2, -0.15) is 0 Å². The fourth-order valence-corrected chi connectivity index (χ4v) is 0.412. The zero-order valence-corrected chi connectivity index (χ0v) is 13.6. The number of carbonyl (C=O) groups is 1. The Balaban J connectivity index is -0.000000104. The second-order valence-corrected chi connectivity index (χ2v) is 2.53. The van der Waals surface area contributed by atoms with Crippen LogP contribution in [0.15, 0.2) is 0 Å². The summed E-state index contributed by atoms with van der Waals surface area (Å²) < 4.78 is 21.4. The molecule has 0 aliphatic carbocycles. The van der Waals surface area contributed by atoms with E-state index in [9.17, 15) is 0 Å². The molecule has 2 N–H and O–H groups in total. The molecule has 0 amide bonds. The molecule has 0 aromatic rings. The number of carbonyl (C=O) groups excluding carboxylic acids is 1. The van der Waals surface area contributed by atoms with E-state index < -0.39 is 18.4 Å². The molecule has 0 saturated heterocycles. The average molecular weight is 324 g/mol. The van der Waals surface area contributed by atoms with Gasteiger partial charge in [0.2, 0.25) is 0 Å². The molecule has 9 heteroatoms.